The number of hydrogen-bond acceptors (Lipinski definition) is 5. The average molecular weight is 813 g/mol. The van der Waals surface area contributed by atoms with Crippen LogP contribution in [0, 0.1) is 0 Å². The molecule has 1 aliphatic heterocycles. The third-order valence-corrected chi connectivity index (χ3v) is 12.0. The smallest absolute Gasteiger partial charge is 0.305 e. The van der Waals surface area contributed by atoms with Crippen molar-refractivity contribution in [2.24, 2.45) is 4.99 Å². The average Bonchev–Trinajstić information content (AvgIpc) is 3.67. The third kappa shape index (κ3) is 39.4. The van der Waals surface area contributed by atoms with Crippen molar-refractivity contribution in [2.75, 3.05) is 26.2 Å². The zero-order valence-corrected chi connectivity index (χ0v) is 38.5. The van der Waals surface area contributed by atoms with E-state index >= 15 is 0 Å². The topological polar surface area (TPSA) is 79.2 Å². The monoisotopic (exact) mass is 813 g/mol. The molecule has 338 valence electrons. The molecule has 0 radical (unpaired) electrons. The summed E-state index contributed by atoms with van der Waals surface area (Å²) in [7, 11) is 0. The number of carbonyl (C=O) groups is 2. The summed E-state index contributed by atoms with van der Waals surface area (Å²) in [6.45, 7) is 6.23. The molecule has 1 N–H and O–H groups in total. The second-order valence-electron chi connectivity index (χ2n) is 17.6. The Labute approximate surface area is 360 Å². The summed E-state index contributed by atoms with van der Waals surface area (Å²) in [5.41, 5.74) is 0. The van der Waals surface area contributed by atoms with Crippen molar-refractivity contribution in [1.82, 2.24) is 4.90 Å². The Balaban J connectivity index is 1.79. The maximum atomic E-state index is 12.0. The molecule has 0 aromatic rings. The SMILES string of the molecule is CCCCCCCCCCCCCCOC(=O)CCCCCCCC=CCCCCCCCCN1CCN=C1CCCCCCCC=CCCCCCCCC(=O)O. The van der Waals surface area contributed by atoms with Gasteiger partial charge in [0.15, 0.2) is 0 Å². The molecular formula is C52H96N2O4. The number of carboxylic acid groups (broad SMARTS) is 1. The van der Waals surface area contributed by atoms with E-state index in [-0.39, 0.29) is 5.97 Å². The highest BCUT2D eigenvalue weighted by atomic mass is 16.5. The molecule has 1 aliphatic rings. The molecule has 0 bridgehead atoms. The third-order valence-electron chi connectivity index (χ3n) is 12.0. The molecule has 0 aromatic carbocycles. The minimum Gasteiger partial charge on any atom is -0.481 e. The van der Waals surface area contributed by atoms with Crippen molar-refractivity contribution in [1.29, 1.82) is 0 Å². The van der Waals surface area contributed by atoms with Gasteiger partial charge in [-0.15, -0.1) is 0 Å². The van der Waals surface area contributed by atoms with Gasteiger partial charge in [-0.25, -0.2) is 0 Å². The molecule has 0 atom stereocenters. The summed E-state index contributed by atoms with van der Waals surface area (Å²) >= 11 is 0. The van der Waals surface area contributed by atoms with Crippen molar-refractivity contribution in [3.05, 3.63) is 24.3 Å². The van der Waals surface area contributed by atoms with Crippen LogP contribution in [0.1, 0.15) is 264 Å². The van der Waals surface area contributed by atoms with Gasteiger partial charge in [0.05, 0.1) is 19.0 Å². The first-order valence-corrected chi connectivity index (χ1v) is 25.6. The normalized spacial score (nSPS) is 13.1. The number of carboxylic acids is 1. The fraction of sp³-hybridized carbons (Fsp3) is 0.865. The van der Waals surface area contributed by atoms with Crippen LogP contribution < -0.4 is 0 Å². The van der Waals surface area contributed by atoms with Gasteiger partial charge in [-0.05, 0) is 83.5 Å². The largest absolute Gasteiger partial charge is 0.481 e. The van der Waals surface area contributed by atoms with Crippen LogP contribution in [-0.4, -0.2) is 54.0 Å². The van der Waals surface area contributed by atoms with Crippen LogP contribution in [0.5, 0.6) is 0 Å². The zero-order chi connectivity index (χ0) is 41.7. The summed E-state index contributed by atoms with van der Waals surface area (Å²) in [4.78, 5) is 30.0. The van der Waals surface area contributed by atoms with Gasteiger partial charge in [-0.3, -0.25) is 14.6 Å². The molecule has 0 aliphatic carbocycles. The lowest BCUT2D eigenvalue weighted by atomic mass is 10.1. The van der Waals surface area contributed by atoms with Crippen molar-refractivity contribution < 1.29 is 19.4 Å². The van der Waals surface area contributed by atoms with Crippen molar-refractivity contribution in [3.63, 3.8) is 0 Å². The first kappa shape index (κ1) is 53.9. The van der Waals surface area contributed by atoms with Gasteiger partial charge in [0, 0.05) is 32.4 Å². The number of carbonyl (C=O) groups excluding carboxylic acids is 1. The molecule has 1 rings (SSSR count). The minimum atomic E-state index is -0.668. The van der Waals surface area contributed by atoms with Gasteiger partial charge >= 0.3 is 11.9 Å². The molecule has 6 nitrogen and oxygen atoms in total. The van der Waals surface area contributed by atoms with Crippen LogP contribution in [0.3, 0.4) is 0 Å². The highest BCUT2D eigenvalue weighted by Gasteiger charge is 2.15. The highest BCUT2D eigenvalue weighted by molar-refractivity contribution is 5.83. The number of aliphatic carboxylic acids is 1. The van der Waals surface area contributed by atoms with Gasteiger partial charge in [0.1, 0.15) is 0 Å². The number of ether oxygens (including phenoxy) is 1. The van der Waals surface area contributed by atoms with Crippen molar-refractivity contribution >= 4 is 17.8 Å². The molecular weight excluding hydrogens is 717 g/mol. The maximum absolute atomic E-state index is 12.0. The van der Waals surface area contributed by atoms with Crippen LogP contribution in [-0.2, 0) is 14.3 Å². The Hall–Kier alpha value is -2.11. The summed E-state index contributed by atoms with van der Waals surface area (Å²) in [6, 6.07) is 0. The van der Waals surface area contributed by atoms with Crippen LogP contribution >= 0.6 is 0 Å². The number of rotatable bonds is 46. The minimum absolute atomic E-state index is 0.00856. The van der Waals surface area contributed by atoms with E-state index in [1.807, 2.05) is 0 Å². The quantitative estimate of drug-likeness (QED) is 0.0376. The van der Waals surface area contributed by atoms with Crippen LogP contribution in [0.15, 0.2) is 29.3 Å². The van der Waals surface area contributed by atoms with E-state index in [2.05, 4.69) is 36.1 Å². The van der Waals surface area contributed by atoms with E-state index in [0.717, 1.165) is 51.6 Å². The first-order valence-electron chi connectivity index (χ1n) is 25.6. The standard InChI is InChI=1S/C52H96N2O4/c1-2-3-4-5-6-7-8-22-27-32-37-42-49-58-52(57)45-40-35-30-25-20-16-10-9-13-17-21-26-31-36-41-47-54-48-46-53-50(54)43-38-33-28-23-18-14-11-12-15-19-24-29-34-39-44-51(55)56/h9-12H,2-8,13-49H2,1H3,(H,55,56). The zero-order valence-electron chi connectivity index (χ0n) is 38.5. The van der Waals surface area contributed by atoms with Crippen LogP contribution in [0.4, 0.5) is 0 Å². The number of aliphatic imine (C=N–C) groups is 1. The van der Waals surface area contributed by atoms with Gasteiger partial charge in [0.25, 0.3) is 0 Å². The fourth-order valence-corrected chi connectivity index (χ4v) is 8.16. The molecule has 1 heterocycles. The summed E-state index contributed by atoms with van der Waals surface area (Å²) < 4.78 is 5.46. The molecule has 0 aromatic heterocycles. The van der Waals surface area contributed by atoms with E-state index in [1.54, 1.807) is 0 Å². The van der Waals surface area contributed by atoms with Gasteiger partial charge in [-0.2, -0.15) is 0 Å². The lowest BCUT2D eigenvalue weighted by Crippen LogP contribution is -2.28. The number of nitrogens with zero attached hydrogens (tertiary/aromatic N) is 2. The van der Waals surface area contributed by atoms with Crippen LogP contribution in [0.25, 0.3) is 0 Å². The summed E-state index contributed by atoms with van der Waals surface area (Å²) in [5.74, 6) is 0.723. The molecule has 0 fully saturated rings. The van der Waals surface area contributed by atoms with E-state index < -0.39 is 5.97 Å². The lowest BCUT2D eigenvalue weighted by molar-refractivity contribution is -0.144. The number of esters is 1. The molecule has 0 saturated heterocycles. The van der Waals surface area contributed by atoms with Gasteiger partial charge in [0.2, 0.25) is 0 Å². The van der Waals surface area contributed by atoms with Gasteiger partial charge < -0.3 is 14.7 Å². The number of hydrogen-bond donors (Lipinski definition) is 1. The van der Waals surface area contributed by atoms with E-state index in [4.69, 9.17) is 14.8 Å². The van der Waals surface area contributed by atoms with Crippen LogP contribution in [0.2, 0.25) is 0 Å². The summed E-state index contributed by atoms with van der Waals surface area (Å²) in [5, 5.41) is 8.68. The first-order chi connectivity index (χ1) is 28.6. The molecule has 0 unspecified atom stereocenters. The molecule has 58 heavy (non-hydrogen) atoms. The van der Waals surface area contributed by atoms with Crippen molar-refractivity contribution in [3.8, 4) is 0 Å². The highest BCUT2D eigenvalue weighted by Crippen LogP contribution is 2.16. The van der Waals surface area contributed by atoms with Crippen molar-refractivity contribution in [2.45, 2.75) is 264 Å². The number of allylic oxidation sites excluding steroid dienone is 4. The second kappa shape index (κ2) is 44.4. The van der Waals surface area contributed by atoms with E-state index in [0.29, 0.717) is 19.4 Å². The van der Waals surface area contributed by atoms with Gasteiger partial charge in [-0.1, -0.05) is 185 Å². The number of unbranched alkanes of at least 4 members (excludes halogenated alkanes) is 32. The predicted molar refractivity (Wildman–Crippen MR) is 251 cm³/mol. The maximum Gasteiger partial charge on any atom is 0.305 e. The Kier molecular flexibility index (Phi) is 41.3. The predicted octanol–water partition coefficient (Wildman–Crippen LogP) is 16.1. The summed E-state index contributed by atoms with van der Waals surface area (Å²) in [6.07, 6.45) is 58.4. The Bertz CT molecular complexity index is 992. The molecule has 0 amide bonds. The second-order valence-corrected chi connectivity index (χ2v) is 17.6. The Morgan fingerprint density at radius 1 is 0.517 bits per heavy atom. The number of amidine groups is 1. The Morgan fingerprint density at radius 2 is 0.914 bits per heavy atom. The molecule has 6 heteroatoms. The lowest BCUT2D eigenvalue weighted by Gasteiger charge is -2.20. The van der Waals surface area contributed by atoms with E-state index in [9.17, 15) is 9.59 Å². The Morgan fingerprint density at radius 3 is 1.40 bits per heavy atom. The molecule has 0 spiro atoms. The molecule has 0 saturated carbocycles. The van der Waals surface area contributed by atoms with E-state index in [1.165, 1.54) is 218 Å². The fourth-order valence-electron chi connectivity index (χ4n) is 8.16.